The van der Waals surface area contributed by atoms with E-state index in [1.165, 1.54) is 47.0 Å². The van der Waals surface area contributed by atoms with Crippen LogP contribution >= 0.6 is 11.3 Å². The number of aromatic nitrogens is 4. The number of benzene rings is 1. The van der Waals surface area contributed by atoms with Crippen molar-refractivity contribution >= 4 is 54.2 Å². The third kappa shape index (κ3) is 3.60. The molecule has 0 amide bonds. The summed E-state index contributed by atoms with van der Waals surface area (Å²) in [6.07, 6.45) is 11.5. The monoisotopic (exact) mass is 494 g/mol. The predicted octanol–water partition coefficient (Wildman–Crippen LogP) is 6.51. The highest BCUT2D eigenvalue weighted by Gasteiger charge is 2.32. The second-order valence-electron chi connectivity index (χ2n) is 11.0. The highest BCUT2D eigenvalue weighted by molar-refractivity contribution is 7.26. The lowest BCUT2D eigenvalue weighted by Gasteiger charge is -2.34. The number of thiophene rings is 1. The topological polar surface area (TPSA) is 66.8 Å². The molecule has 7 rings (SSSR count). The van der Waals surface area contributed by atoms with Gasteiger partial charge in [-0.2, -0.15) is 0 Å². The molecular formula is C29H30N6S. The van der Waals surface area contributed by atoms with E-state index in [1.807, 2.05) is 12.4 Å². The lowest BCUT2D eigenvalue weighted by molar-refractivity contribution is 0.316. The van der Waals surface area contributed by atoms with Crippen LogP contribution in [0.4, 0.5) is 11.6 Å². The van der Waals surface area contributed by atoms with Crippen LogP contribution in [-0.2, 0) is 19.4 Å². The average Bonchev–Trinajstić information content (AvgIpc) is 3.55. The van der Waals surface area contributed by atoms with Crippen LogP contribution < -0.4 is 10.2 Å². The van der Waals surface area contributed by atoms with Crippen LogP contribution in [0.2, 0.25) is 0 Å². The molecule has 1 fully saturated rings. The molecule has 4 aromatic heterocycles. The molecule has 182 valence electrons. The maximum absolute atomic E-state index is 5.29. The molecule has 1 aromatic carbocycles. The molecule has 0 atom stereocenters. The van der Waals surface area contributed by atoms with Gasteiger partial charge in [-0.15, -0.1) is 11.3 Å². The summed E-state index contributed by atoms with van der Waals surface area (Å²) in [4.78, 5) is 22.8. The largest absolute Gasteiger partial charge is 0.365 e. The van der Waals surface area contributed by atoms with Crippen LogP contribution in [0.15, 0.2) is 43.0 Å². The first kappa shape index (κ1) is 21.9. The number of pyridine rings is 2. The summed E-state index contributed by atoms with van der Waals surface area (Å²) in [6.45, 7) is 7.68. The van der Waals surface area contributed by atoms with Crippen LogP contribution in [0.25, 0.3) is 31.2 Å². The Kier molecular flexibility index (Phi) is 5.10. The number of nitrogens with one attached hydrogen (secondary N) is 1. The van der Waals surface area contributed by atoms with E-state index in [1.54, 1.807) is 17.7 Å². The summed E-state index contributed by atoms with van der Waals surface area (Å²) in [5.41, 5.74) is 5.41. The lowest BCUT2D eigenvalue weighted by atomic mass is 9.73. The molecule has 0 bridgehead atoms. The fourth-order valence-electron chi connectivity index (χ4n) is 6.00. The maximum atomic E-state index is 5.29. The van der Waals surface area contributed by atoms with Gasteiger partial charge in [0.25, 0.3) is 0 Å². The van der Waals surface area contributed by atoms with Crippen molar-refractivity contribution in [1.82, 2.24) is 19.9 Å². The number of fused-ring (bicyclic) bond motifs is 6. The number of hydrogen-bond acceptors (Lipinski definition) is 7. The van der Waals surface area contributed by atoms with E-state index in [9.17, 15) is 0 Å². The summed E-state index contributed by atoms with van der Waals surface area (Å²) in [7, 11) is 0. The van der Waals surface area contributed by atoms with E-state index in [2.05, 4.69) is 58.3 Å². The fourth-order valence-corrected chi connectivity index (χ4v) is 7.12. The van der Waals surface area contributed by atoms with Crippen molar-refractivity contribution in [3.63, 3.8) is 0 Å². The SMILES string of the molecule is CC1(C)CCc2c(N3CCCC3)nc3sc4c(NCc5cncc6ccccc56)ncnc4c3c2C1. The van der Waals surface area contributed by atoms with E-state index >= 15 is 0 Å². The van der Waals surface area contributed by atoms with Gasteiger partial charge in [0.15, 0.2) is 0 Å². The van der Waals surface area contributed by atoms with Crippen molar-refractivity contribution in [1.29, 1.82) is 0 Å². The van der Waals surface area contributed by atoms with E-state index in [-0.39, 0.29) is 5.41 Å². The van der Waals surface area contributed by atoms with Gasteiger partial charge < -0.3 is 10.2 Å². The van der Waals surface area contributed by atoms with Gasteiger partial charge in [0.2, 0.25) is 0 Å². The van der Waals surface area contributed by atoms with Crippen LogP contribution in [0.5, 0.6) is 0 Å². The van der Waals surface area contributed by atoms with E-state index in [4.69, 9.17) is 9.97 Å². The Morgan fingerprint density at radius 2 is 1.92 bits per heavy atom. The molecule has 1 aliphatic heterocycles. The molecule has 1 saturated heterocycles. The van der Waals surface area contributed by atoms with Gasteiger partial charge in [0.1, 0.15) is 22.8 Å². The minimum atomic E-state index is 0.285. The zero-order chi connectivity index (χ0) is 24.3. The normalized spacial score (nSPS) is 17.2. The number of nitrogens with zero attached hydrogens (tertiary/aromatic N) is 5. The molecular weight excluding hydrogens is 464 g/mol. The highest BCUT2D eigenvalue weighted by Crippen LogP contribution is 2.46. The smallest absolute Gasteiger partial charge is 0.147 e. The highest BCUT2D eigenvalue weighted by atomic mass is 32.1. The third-order valence-electron chi connectivity index (χ3n) is 7.91. The second-order valence-corrected chi connectivity index (χ2v) is 12.0. The Labute approximate surface area is 214 Å². The van der Waals surface area contributed by atoms with E-state index in [0.29, 0.717) is 6.54 Å². The molecule has 1 aliphatic carbocycles. The predicted molar refractivity (Wildman–Crippen MR) is 149 cm³/mol. The molecule has 1 N–H and O–H groups in total. The number of anilines is 2. The Morgan fingerprint density at radius 3 is 2.81 bits per heavy atom. The zero-order valence-electron chi connectivity index (χ0n) is 20.8. The molecule has 5 heterocycles. The van der Waals surface area contributed by atoms with Crippen LogP contribution in [0, 0.1) is 5.41 Å². The quantitative estimate of drug-likeness (QED) is 0.307. The Morgan fingerprint density at radius 1 is 1.06 bits per heavy atom. The Balaban J connectivity index is 1.35. The van der Waals surface area contributed by atoms with Crippen molar-refractivity contribution < 1.29 is 0 Å². The van der Waals surface area contributed by atoms with E-state index in [0.717, 1.165) is 57.7 Å². The van der Waals surface area contributed by atoms with Crippen molar-refractivity contribution in [3.8, 4) is 0 Å². The molecule has 7 heteroatoms. The van der Waals surface area contributed by atoms with Crippen LogP contribution in [0.3, 0.4) is 0 Å². The van der Waals surface area contributed by atoms with Gasteiger partial charge >= 0.3 is 0 Å². The number of rotatable bonds is 4. The van der Waals surface area contributed by atoms with Gasteiger partial charge in [-0.25, -0.2) is 15.0 Å². The Bertz CT molecular complexity index is 1610. The molecule has 0 unspecified atom stereocenters. The summed E-state index contributed by atoms with van der Waals surface area (Å²) in [5, 5.41) is 7.22. The van der Waals surface area contributed by atoms with E-state index < -0.39 is 0 Å². The molecule has 6 nitrogen and oxygen atoms in total. The molecule has 36 heavy (non-hydrogen) atoms. The second kappa shape index (κ2) is 8.37. The van der Waals surface area contributed by atoms with Gasteiger partial charge in [0.05, 0.1) is 10.2 Å². The van der Waals surface area contributed by atoms with Crippen LogP contribution in [-0.4, -0.2) is 33.0 Å². The van der Waals surface area contributed by atoms with Crippen LogP contribution in [0.1, 0.15) is 49.8 Å². The summed E-state index contributed by atoms with van der Waals surface area (Å²) < 4.78 is 1.09. The summed E-state index contributed by atoms with van der Waals surface area (Å²) in [5.74, 6) is 2.10. The molecule has 2 aliphatic rings. The first-order chi connectivity index (χ1) is 17.6. The van der Waals surface area contributed by atoms with Crippen molar-refractivity contribution in [3.05, 3.63) is 59.7 Å². The molecule has 0 radical (unpaired) electrons. The maximum Gasteiger partial charge on any atom is 0.147 e. The van der Waals surface area contributed by atoms with Gasteiger partial charge in [-0.3, -0.25) is 4.98 Å². The van der Waals surface area contributed by atoms with Gasteiger partial charge in [-0.05, 0) is 59.6 Å². The Hall–Kier alpha value is -3.32. The average molecular weight is 495 g/mol. The standard InChI is InChI=1S/C29H30N6S/c1-29(2)10-9-21-22(13-29)23-24-25(36-28(23)34-27(21)35-11-5-6-12-35)26(33-17-32-24)31-16-19-15-30-14-18-7-3-4-8-20(18)19/h3-4,7-8,14-15,17H,5-6,9-13,16H2,1-2H3,(H,31,32,33). The zero-order valence-corrected chi connectivity index (χ0v) is 21.7. The first-order valence-electron chi connectivity index (χ1n) is 13.0. The van der Waals surface area contributed by atoms with Crippen molar-refractivity contribution in [2.45, 2.75) is 52.5 Å². The summed E-state index contributed by atoms with van der Waals surface area (Å²) in [6, 6.07) is 8.39. The summed E-state index contributed by atoms with van der Waals surface area (Å²) >= 11 is 1.73. The fraction of sp³-hybridized carbons (Fsp3) is 0.379. The molecule has 0 spiro atoms. The van der Waals surface area contributed by atoms with Crippen molar-refractivity contribution in [2.24, 2.45) is 5.41 Å². The minimum Gasteiger partial charge on any atom is -0.365 e. The lowest BCUT2D eigenvalue weighted by Crippen LogP contribution is -2.27. The molecule has 0 saturated carbocycles. The molecule has 5 aromatic rings. The van der Waals surface area contributed by atoms with Gasteiger partial charge in [0, 0.05) is 42.8 Å². The first-order valence-corrected chi connectivity index (χ1v) is 13.8. The third-order valence-corrected chi connectivity index (χ3v) is 8.99. The van der Waals surface area contributed by atoms with Gasteiger partial charge in [-0.1, -0.05) is 38.1 Å². The van der Waals surface area contributed by atoms with Crippen molar-refractivity contribution in [2.75, 3.05) is 23.3 Å². The minimum absolute atomic E-state index is 0.285. The number of hydrogen-bond donors (Lipinski definition) is 1.